The van der Waals surface area contributed by atoms with Gasteiger partial charge in [-0.25, -0.2) is 4.98 Å². The van der Waals surface area contributed by atoms with Gasteiger partial charge in [0.1, 0.15) is 12.2 Å². The highest BCUT2D eigenvalue weighted by atomic mass is 19.4. The highest BCUT2D eigenvalue weighted by Crippen LogP contribution is 2.34. The number of nitrogens with one attached hydrogen (secondary N) is 2. The summed E-state index contributed by atoms with van der Waals surface area (Å²) < 4.78 is 43.2. The number of halogens is 3. The fourth-order valence-electron chi connectivity index (χ4n) is 1.43. The predicted molar refractivity (Wildman–Crippen MR) is 74.3 cm³/mol. The summed E-state index contributed by atoms with van der Waals surface area (Å²) in [5, 5.41) is 5.81. The number of ether oxygens (including phenoxy) is 1. The molecule has 0 saturated carbocycles. The van der Waals surface area contributed by atoms with Crippen molar-refractivity contribution in [3.05, 3.63) is 36.5 Å². The number of hydrogen-bond donors (Lipinski definition) is 2. The summed E-state index contributed by atoms with van der Waals surface area (Å²) in [5.74, 6) is 0.0800. The molecule has 8 heteroatoms. The second-order valence-corrected chi connectivity index (χ2v) is 3.87. The number of nitrogens with zero attached hydrogens (tertiary/aromatic N) is 2. The SMILES string of the molecule is C=CCNC(=NC)NCCOc1ncccc1C(F)(F)F. The summed E-state index contributed by atoms with van der Waals surface area (Å²) in [6.07, 6.45) is -1.58. The molecule has 0 radical (unpaired) electrons. The van der Waals surface area contributed by atoms with E-state index in [4.69, 9.17) is 4.74 Å². The summed E-state index contributed by atoms with van der Waals surface area (Å²) in [4.78, 5) is 7.52. The van der Waals surface area contributed by atoms with Crippen molar-refractivity contribution in [1.29, 1.82) is 0 Å². The third-order valence-corrected chi connectivity index (χ3v) is 2.35. The van der Waals surface area contributed by atoms with Gasteiger partial charge < -0.3 is 15.4 Å². The van der Waals surface area contributed by atoms with Gasteiger partial charge in [-0.1, -0.05) is 6.08 Å². The average Bonchev–Trinajstić information content (AvgIpc) is 2.46. The molecule has 21 heavy (non-hydrogen) atoms. The predicted octanol–water partition coefficient (Wildman–Crippen LogP) is 1.83. The monoisotopic (exact) mass is 302 g/mol. The Morgan fingerprint density at radius 2 is 2.24 bits per heavy atom. The average molecular weight is 302 g/mol. The standard InChI is InChI=1S/C13H17F3N4O/c1-3-6-19-12(17-2)20-8-9-21-11-10(13(14,15)16)5-4-7-18-11/h3-5,7H,1,6,8-9H2,2H3,(H2,17,19,20). The number of aliphatic imine (C=N–C) groups is 1. The van der Waals surface area contributed by atoms with Crippen LogP contribution >= 0.6 is 0 Å². The third-order valence-electron chi connectivity index (χ3n) is 2.35. The molecule has 116 valence electrons. The van der Waals surface area contributed by atoms with Crippen molar-refractivity contribution in [3.63, 3.8) is 0 Å². The molecule has 2 N–H and O–H groups in total. The van der Waals surface area contributed by atoms with E-state index in [-0.39, 0.29) is 13.2 Å². The lowest BCUT2D eigenvalue weighted by molar-refractivity contribution is -0.139. The maximum Gasteiger partial charge on any atom is 0.421 e. The Bertz CT molecular complexity index is 489. The zero-order valence-electron chi connectivity index (χ0n) is 11.6. The molecular formula is C13H17F3N4O. The highest BCUT2D eigenvalue weighted by Gasteiger charge is 2.34. The van der Waals surface area contributed by atoms with E-state index in [1.54, 1.807) is 13.1 Å². The Morgan fingerprint density at radius 1 is 1.48 bits per heavy atom. The van der Waals surface area contributed by atoms with Crippen LogP contribution in [0.2, 0.25) is 0 Å². The Hall–Kier alpha value is -2.25. The summed E-state index contributed by atoms with van der Waals surface area (Å²) in [5.41, 5.74) is -0.890. The quantitative estimate of drug-likeness (QED) is 0.364. The van der Waals surface area contributed by atoms with Crippen LogP contribution in [0, 0.1) is 0 Å². The Kier molecular flexibility index (Phi) is 6.51. The molecule has 0 bridgehead atoms. The van der Waals surface area contributed by atoms with Crippen molar-refractivity contribution >= 4 is 5.96 Å². The van der Waals surface area contributed by atoms with Gasteiger partial charge in [0, 0.05) is 19.8 Å². The maximum absolute atomic E-state index is 12.7. The minimum Gasteiger partial charge on any atom is -0.475 e. The largest absolute Gasteiger partial charge is 0.475 e. The molecular weight excluding hydrogens is 285 g/mol. The molecule has 1 aromatic heterocycles. The highest BCUT2D eigenvalue weighted by molar-refractivity contribution is 5.79. The van der Waals surface area contributed by atoms with Crippen molar-refractivity contribution in [1.82, 2.24) is 15.6 Å². The van der Waals surface area contributed by atoms with Crippen LogP contribution in [0.5, 0.6) is 5.88 Å². The fourth-order valence-corrected chi connectivity index (χ4v) is 1.43. The first-order valence-corrected chi connectivity index (χ1v) is 6.19. The van der Waals surface area contributed by atoms with E-state index in [2.05, 4.69) is 27.2 Å². The number of pyridine rings is 1. The van der Waals surface area contributed by atoms with E-state index < -0.39 is 17.6 Å². The van der Waals surface area contributed by atoms with Crippen LogP contribution in [0.15, 0.2) is 36.0 Å². The second kappa shape index (κ2) is 8.13. The van der Waals surface area contributed by atoms with Gasteiger partial charge in [-0.3, -0.25) is 4.99 Å². The molecule has 1 heterocycles. The van der Waals surface area contributed by atoms with E-state index in [1.807, 2.05) is 0 Å². The molecule has 0 spiro atoms. The minimum absolute atomic E-state index is 0.0227. The molecule has 1 aromatic rings. The number of alkyl halides is 3. The summed E-state index contributed by atoms with van der Waals surface area (Å²) in [7, 11) is 1.58. The van der Waals surface area contributed by atoms with Gasteiger partial charge in [-0.2, -0.15) is 13.2 Å². The van der Waals surface area contributed by atoms with E-state index in [9.17, 15) is 13.2 Å². The molecule has 0 saturated heterocycles. The molecule has 0 aliphatic carbocycles. The summed E-state index contributed by atoms with van der Waals surface area (Å²) in [6.45, 7) is 4.38. The summed E-state index contributed by atoms with van der Waals surface area (Å²) >= 11 is 0. The van der Waals surface area contributed by atoms with E-state index in [1.165, 1.54) is 12.3 Å². The molecule has 0 aliphatic heterocycles. The first-order valence-electron chi connectivity index (χ1n) is 6.19. The number of aromatic nitrogens is 1. The Labute approximate surface area is 120 Å². The molecule has 0 aliphatic rings. The van der Waals surface area contributed by atoms with Gasteiger partial charge in [0.25, 0.3) is 0 Å². The molecule has 0 unspecified atom stereocenters. The van der Waals surface area contributed by atoms with Crippen LogP contribution in [0.4, 0.5) is 13.2 Å². The van der Waals surface area contributed by atoms with Crippen LogP contribution in [-0.2, 0) is 6.18 Å². The molecule has 0 fully saturated rings. The van der Waals surface area contributed by atoms with Crippen molar-refractivity contribution < 1.29 is 17.9 Å². The van der Waals surface area contributed by atoms with E-state index in [0.717, 1.165) is 6.07 Å². The zero-order valence-corrected chi connectivity index (χ0v) is 11.6. The Balaban J connectivity index is 2.48. The smallest absolute Gasteiger partial charge is 0.421 e. The van der Waals surface area contributed by atoms with Gasteiger partial charge in [0.15, 0.2) is 5.96 Å². The van der Waals surface area contributed by atoms with Gasteiger partial charge in [0.05, 0.1) is 6.54 Å². The van der Waals surface area contributed by atoms with E-state index >= 15 is 0 Å². The maximum atomic E-state index is 12.7. The molecule has 1 rings (SSSR count). The second-order valence-electron chi connectivity index (χ2n) is 3.87. The summed E-state index contributed by atoms with van der Waals surface area (Å²) in [6, 6.07) is 2.15. The first kappa shape index (κ1) is 16.8. The zero-order chi connectivity index (χ0) is 15.7. The molecule has 0 atom stereocenters. The van der Waals surface area contributed by atoms with Crippen molar-refractivity contribution in [2.24, 2.45) is 4.99 Å². The third kappa shape index (κ3) is 5.72. The molecule has 0 amide bonds. The normalized spacial score (nSPS) is 11.9. The molecule has 0 aromatic carbocycles. The number of hydrogen-bond acceptors (Lipinski definition) is 3. The van der Waals surface area contributed by atoms with E-state index in [0.29, 0.717) is 12.5 Å². The van der Waals surface area contributed by atoms with Gasteiger partial charge >= 0.3 is 6.18 Å². The van der Waals surface area contributed by atoms with Crippen LogP contribution in [-0.4, -0.2) is 37.7 Å². The fraction of sp³-hybridized carbons (Fsp3) is 0.385. The molecule has 5 nitrogen and oxygen atoms in total. The number of rotatable bonds is 6. The van der Waals surface area contributed by atoms with Gasteiger partial charge in [0.2, 0.25) is 5.88 Å². The lowest BCUT2D eigenvalue weighted by atomic mass is 10.2. The van der Waals surface area contributed by atoms with Gasteiger partial charge in [-0.15, -0.1) is 6.58 Å². The van der Waals surface area contributed by atoms with Crippen LogP contribution < -0.4 is 15.4 Å². The van der Waals surface area contributed by atoms with Crippen molar-refractivity contribution in [2.75, 3.05) is 26.7 Å². The Morgan fingerprint density at radius 3 is 2.86 bits per heavy atom. The lowest BCUT2D eigenvalue weighted by Gasteiger charge is -2.13. The topological polar surface area (TPSA) is 58.5 Å². The van der Waals surface area contributed by atoms with Crippen LogP contribution in [0.1, 0.15) is 5.56 Å². The van der Waals surface area contributed by atoms with Crippen molar-refractivity contribution in [3.8, 4) is 5.88 Å². The van der Waals surface area contributed by atoms with Crippen LogP contribution in [0.3, 0.4) is 0 Å². The lowest BCUT2D eigenvalue weighted by Crippen LogP contribution is -2.39. The first-order chi connectivity index (χ1) is 9.99. The minimum atomic E-state index is -4.49. The van der Waals surface area contributed by atoms with Crippen molar-refractivity contribution in [2.45, 2.75) is 6.18 Å². The number of guanidine groups is 1. The van der Waals surface area contributed by atoms with Crippen LogP contribution in [0.25, 0.3) is 0 Å². The van der Waals surface area contributed by atoms with Gasteiger partial charge in [-0.05, 0) is 12.1 Å².